The van der Waals surface area contributed by atoms with Crippen molar-refractivity contribution in [2.75, 3.05) is 11.9 Å². The summed E-state index contributed by atoms with van der Waals surface area (Å²) in [6.07, 6.45) is 0. The molecular formula is C14H13N3OS. The van der Waals surface area contributed by atoms with Crippen LogP contribution in [0.1, 0.15) is 0 Å². The lowest BCUT2D eigenvalue weighted by Crippen LogP contribution is -2.26. The highest BCUT2D eigenvalue weighted by molar-refractivity contribution is 7.81. The minimum Gasteiger partial charge on any atom is -0.508 e. The molecule has 1 aliphatic rings. The summed E-state index contributed by atoms with van der Waals surface area (Å²) in [5, 5.41) is 14.2. The van der Waals surface area contributed by atoms with E-state index in [0.29, 0.717) is 6.54 Å². The van der Waals surface area contributed by atoms with E-state index in [4.69, 9.17) is 0 Å². The third-order valence-corrected chi connectivity index (χ3v) is 3.24. The lowest BCUT2D eigenvalue weighted by Gasteiger charge is -2.17. The number of nitrogens with one attached hydrogen (secondary N) is 1. The summed E-state index contributed by atoms with van der Waals surface area (Å²) in [5.74, 6) is 0.244. The Kier molecular flexibility index (Phi) is 2.91. The van der Waals surface area contributed by atoms with Gasteiger partial charge in [0.25, 0.3) is 0 Å². The van der Waals surface area contributed by atoms with Crippen molar-refractivity contribution >= 4 is 18.3 Å². The highest BCUT2D eigenvalue weighted by atomic mass is 32.1. The average molecular weight is 271 g/mol. The second-order valence-corrected chi connectivity index (χ2v) is 5.10. The van der Waals surface area contributed by atoms with Crippen LogP contribution in [0.15, 0.2) is 58.5 Å². The fourth-order valence-corrected chi connectivity index (χ4v) is 2.24. The molecule has 2 aromatic rings. The van der Waals surface area contributed by atoms with Crippen LogP contribution in [0.25, 0.3) is 0 Å². The Balaban J connectivity index is 1.78. The number of aromatic hydroxyl groups is 1. The smallest absolute Gasteiger partial charge is 0.212 e. The molecule has 0 atom stereocenters. The molecule has 0 saturated carbocycles. The normalized spacial score (nSPS) is 15.2. The topological polar surface area (TPSA) is 57.0 Å². The van der Waals surface area contributed by atoms with Gasteiger partial charge in [-0.2, -0.15) is 0 Å². The molecule has 3 rings (SSSR count). The Morgan fingerprint density at radius 1 is 1.00 bits per heavy atom. The minimum atomic E-state index is -0.776. The maximum atomic E-state index is 9.23. The Bertz CT molecular complexity index is 677. The SMILES string of the molecule is Oc1ccc(NCC2(S)N=c3ccccc3=N2)cc1. The van der Waals surface area contributed by atoms with Gasteiger partial charge in [-0.05, 0) is 36.4 Å². The number of nitrogens with zero attached hydrogens (tertiary/aromatic N) is 2. The summed E-state index contributed by atoms with van der Waals surface area (Å²) in [6.45, 7) is 0.482. The van der Waals surface area contributed by atoms with Gasteiger partial charge in [0.1, 0.15) is 5.75 Å². The van der Waals surface area contributed by atoms with Gasteiger partial charge in [0, 0.05) is 5.69 Å². The molecule has 0 aromatic heterocycles. The van der Waals surface area contributed by atoms with Gasteiger partial charge in [-0.15, -0.1) is 12.6 Å². The molecule has 2 aromatic carbocycles. The quantitative estimate of drug-likeness (QED) is 0.583. The summed E-state index contributed by atoms with van der Waals surface area (Å²) in [6, 6.07) is 14.6. The maximum Gasteiger partial charge on any atom is 0.212 e. The lowest BCUT2D eigenvalue weighted by atomic mass is 10.3. The molecule has 0 bridgehead atoms. The van der Waals surface area contributed by atoms with Crippen LogP contribution in [0.2, 0.25) is 0 Å². The molecule has 2 N–H and O–H groups in total. The molecule has 0 spiro atoms. The fourth-order valence-electron chi connectivity index (χ4n) is 1.94. The van der Waals surface area contributed by atoms with Crippen LogP contribution in [0.4, 0.5) is 5.69 Å². The summed E-state index contributed by atoms with van der Waals surface area (Å²) in [7, 11) is 0. The van der Waals surface area contributed by atoms with Crippen LogP contribution in [-0.2, 0) is 0 Å². The van der Waals surface area contributed by atoms with Crippen molar-refractivity contribution in [2.45, 2.75) is 4.99 Å². The van der Waals surface area contributed by atoms with Crippen molar-refractivity contribution in [1.29, 1.82) is 0 Å². The van der Waals surface area contributed by atoms with Crippen molar-refractivity contribution in [3.8, 4) is 5.75 Å². The summed E-state index contributed by atoms with van der Waals surface area (Å²) in [5.41, 5.74) is 0.896. The molecule has 4 nitrogen and oxygen atoms in total. The Morgan fingerprint density at radius 3 is 2.16 bits per heavy atom. The molecule has 96 valence electrons. The van der Waals surface area contributed by atoms with Gasteiger partial charge >= 0.3 is 0 Å². The van der Waals surface area contributed by atoms with Gasteiger partial charge in [0.15, 0.2) is 0 Å². The summed E-state index contributed by atoms with van der Waals surface area (Å²) < 4.78 is 0. The third kappa shape index (κ3) is 2.56. The highest BCUT2D eigenvalue weighted by Crippen LogP contribution is 2.21. The minimum absolute atomic E-state index is 0.244. The second-order valence-electron chi connectivity index (χ2n) is 4.39. The molecule has 0 saturated heterocycles. The third-order valence-electron chi connectivity index (χ3n) is 2.88. The number of hydrogen-bond donors (Lipinski definition) is 3. The van der Waals surface area contributed by atoms with Gasteiger partial charge in [-0.1, -0.05) is 12.1 Å². The number of phenols is 1. The van der Waals surface area contributed by atoms with E-state index in [1.54, 1.807) is 24.3 Å². The van der Waals surface area contributed by atoms with Crippen LogP contribution < -0.4 is 16.0 Å². The molecule has 5 heteroatoms. The van der Waals surface area contributed by atoms with E-state index in [2.05, 4.69) is 27.9 Å². The first-order valence-electron chi connectivity index (χ1n) is 5.95. The average Bonchev–Trinajstić information content (AvgIpc) is 2.75. The largest absolute Gasteiger partial charge is 0.508 e. The Hall–Kier alpha value is -2.01. The number of rotatable bonds is 3. The van der Waals surface area contributed by atoms with Crippen molar-refractivity contribution in [2.24, 2.45) is 9.98 Å². The van der Waals surface area contributed by atoms with Crippen molar-refractivity contribution in [1.82, 2.24) is 0 Å². The number of anilines is 1. The first-order chi connectivity index (χ1) is 9.15. The Labute approximate surface area is 116 Å². The van der Waals surface area contributed by atoms with Crippen molar-refractivity contribution in [3.63, 3.8) is 0 Å². The van der Waals surface area contributed by atoms with Crippen LogP contribution in [0.3, 0.4) is 0 Å². The zero-order chi connectivity index (χ0) is 13.3. The molecule has 1 heterocycles. The van der Waals surface area contributed by atoms with Crippen LogP contribution >= 0.6 is 12.6 Å². The molecule has 0 amide bonds. The highest BCUT2D eigenvalue weighted by Gasteiger charge is 2.25. The molecule has 0 aliphatic carbocycles. The first kappa shape index (κ1) is 12.0. The maximum absolute atomic E-state index is 9.23. The van der Waals surface area contributed by atoms with Crippen molar-refractivity contribution < 1.29 is 5.11 Å². The fraction of sp³-hybridized carbons (Fsp3) is 0.143. The lowest BCUT2D eigenvalue weighted by molar-refractivity contribution is 0.475. The van der Waals surface area contributed by atoms with E-state index in [1.165, 1.54) is 0 Å². The van der Waals surface area contributed by atoms with Gasteiger partial charge < -0.3 is 10.4 Å². The van der Waals surface area contributed by atoms with Gasteiger partial charge in [-0.3, -0.25) is 0 Å². The van der Waals surface area contributed by atoms with E-state index in [1.807, 2.05) is 24.3 Å². The number of benzene rings is 2. The number of hydrogen-bond acceptors (Lipinski definition) is 5. The summed E-state index contributed by atoms with van der Waals surface area (Å²) in [4.78, 5) is 8.23. The molecule has 0 unspecified atom stereocenters. The van der Waals surface area contributed by atoms with E-state index in [0.717, 1.165) is 16.4 Å². The Morgan fingerprint density at radius 2 is 1.58 bits per heavy atom. The number of phenolic OH excluding ortho intramolecular Hbond substituents is 1. The van der Waals surface area contributed by atoms with Crippen LogP contribution in [-0.4, -0.2) is 16.6 Å². The second kappa shape index (κ2) is 4.59. The van der Waals surface area contributed by atoms with Gasteiger partial charge in [0.2, 0.25) is 4.99 Å². The molecule has 1 aliphatic heterocycles. The van der Waals surface area contributed by atoms with E-state index >= 15 is 0 Å². The van der Waals surface area contributed by atoms with E-state index in [9.17, 15) is 5.11 Å². The molecular weight excluding hydrogens is 258 g/mol. The predicted octanol–water partition coefficient (Wildman–Crippen LogP) is 1.34. The summed E-state index contributed by atoms with van der Waals surface area (Å²) >= 11 is 4.53. The molecule has 19 heavy (non-hydrogen) atoms. The van der Waals surface area contributed by atoms with Crippen LogP contribution in [0.5, 0.6) is 5.75 Å². The first-order valence-corrected chi connectivity index (χ1v) is 6.39. The van der Waals surface area contributed by atoms with Crippen LogP contribution in [0, 0.1) is 0 Å². The zero-order valence-electron chi connectivity index (χ0n) is 10.1. The number of para-hydroxylation sites is 2. The van der Waals surface area contributed by atoms with Crippen molar-refractivity contribution in [3.05, 3.63) is 59.2 Å². The number of thiol groups is 1. The molecule has 0 radical (unpaired) electrons. The van der Waals surface area contributed by atoms with E-state index in [-0.39, 0.29) is 5.75 Å². The predicted molar refractivity (Wildman–Crippen MR) is 77.1 cm³/mol. The standard InChI is InChI=1S/C14H13N3OS/c18-11-7-5-10(6-8-11)15-9-14(19)16-12-3-1-2-4-13(12)17-14/h1-8,15,18-19H,9H2. The van der Waals surface area contributed by atoms with Gasteiger partial charge in [0.05, 0.1) is 17.3 Å². The van der Waals surface area contributed by atoms with Gasteiger partial charge in [-0.25, -0.2) is 9.98 Å². The number of fused-ring (bicyclic) bond motifs is 1. The van der Waals surface area contributed by atoms with E-state index < -0.39 is 4.99 Å². The molecule has 0 fully saturated rings. The zero-order valence-corrected chi connectivity index (χ0v) is 11.0. The monoisotopic (exact) mass is 271 g/mol.